The van der Waals surface area contributed by atoms with Gasteiger partial charge in [0.15, 0.2) is 5.58 Å². The number of nitrogens with zero attached hydrogens (tertiary/aromatic N) is 2. The number of anilines is 1. The fraction of sp³-hybridized carbons (Fsp3) is 0.231. The summed E-state index contributed by atoms with van der Waals surface area (Å²) in [6.07, 6.45) is 1.59. The second-order valence-electron chi connectivity index (χ2n) is 8.41. The Bertz CT molecular complexity index is 1340. The predicted octanol–water partition coefficient (Wildman–Crippen LogP) is 6.76. The number of amides is 2. The number of hydrogen-bond acceptors (Lipinski definition) is 3. The van der Waals surface area contributed by atoms with Crippen molar-refractivity contribution in [3.05, 3.63) is 83.2 Å². The summed E-state index contributed by atoms with van der Waals surface area (Å²) in [4.78, 5) is 19.5. The van der Waals surface area contributed by atoms with Crippen LogP contribution in [0.3, 0.4) is 0 Å². The van der Waals surface area contributed by atoms with Crippen LogP contribution in [-0.2, 0) is 0 Å². The molecule has 2 heterocycles. The van der Waals surface area contributed by atoms with E-state index in [4.69, 9.17) is 4.42 Å². The number of urea groups is 1. The van der Waals surface area contributed by atoms with E-state index in [-0.39, 0.29) is 12.1 Å². The van der Waals surface area contributed by atoms with Crippen molar-refractivity contribution in [2.24, 2.45) is 0 Å². The lowest BCUT2D eigenvalue weighted by Gasteiger charge is -2.23. The number of oxazole rings is 1. The number of benzene rings is 3. The third kappa shape index (κ3) is 3.95. The van der Waals surface area contributed by atoms with Crippen LogP contribution >= 0.6 is 0 Å². The first-order chi connectivity index (χ1) is 15.9. The average molecular weight is 447 g/mol. The molecular formula is C26H23F2N3O2. The van der Waals surface area contributed by atoms with Crippen LogP contribution in [0.1, 0.15) is 35.9 Å². The molecule has 1 aromatic heterocycles. The number of nitrogens with one attached hydrogen (secondary N) is 1. The highest BCUT2D eigenvalue weighted by Crippen LogP contribution is 2.35. The number of hydrogen-bond donors (Lipinski definition) is 1. The summed E-state index contributed by atoms with van der Waals surface area (Å²) in [5.74, 6) is -0.805. The lowest BCUT2D eigenvalue weighted by atomic mass is 10.0. The van der Waals surface area contributed by atoms with Crippen LogP contribution in [-0.4, -0.2) is 22.5 Å². The van der Waals surface area contributed by atoms with Crippen LogP contribution in [0.2, 0.25) is 0 Å². The maximum absolute atomic E-state index is 14.2. The SMILES string of the molecule is Cc1cccc(C)c1NC(=O)N1CCC[C@H]1c1nc2cc(-c3ccc(F)cc3F)ccc2o1. The average Bonchev–Trinajstić information content (AvgIpc) is 3.42. The van der Waals surface area contributed by atoms with Gasteiger partial charge < -0.3 is 14.6 Å². The molecule has 5 rings (SSSR count). The molecule has 0 aliphatic carbocycles. The topological polar surface area (TPSA) is 58.4 Å². The number of carbonyl (C=O) groups excluding carboxylic acids is 1. The van der Waals surface area contributed by atoms with Crippen LogP contribution in [0.4, 0.5) is 19.3 Å². The number of aromatic nitrogens is 1. The standard InChI is InChI=1S/C26H23F2N3O2/c1-15-5-3-6-16(2)24(15)30-26(32)31-12-4-7-22(31)25-29-21-13-17(8-11-23(21)33-25)19-10-9-18(27)14-20(19)28/h3,5-6,8-11,13-14,22H,4,7,12H2,1-2H3,(H,30,32)/t22-/m0/s1. The number of halogens is 2. The molecule has 33 heavy (non-hydrogen) atoms. The lowest BCUT2D eigenvalue weighted by Crippen LogP contribution is -2.35. The number of para-hydroxylation sites is 1. The van der Waals surface area contributed by atoms with E-state index >= 15 is 0 Å². The van der Waals surface area contributed by atoms with E-state index in [1.807, 2.05) is 32.0 Å². The summed E-state index contributed by atoms with van der Waals surface area (Å²) >= 11 is 0. The van der Waals surface area contributed by atoms with Crippen molar-refractivity contribution in [1.82, 2.24) is 9.88 Å². The minimum absolute atomic E-state index is 0.189. The zero-order valence-electron chi connectivity index (χ0n) is 18.4. The van der Waals surface area contributed by atoms with Crippen molar-refractivity contribution in [3.8, 4) is 11.1 Å². The van der Waals surface area contributed by atoms with Gasteiger partial charge in [-0.3, -0.25) is 0 Å². The molecule has 1 aliphatic rings. The van der Waals surface area contributed by atoms with Crippen molar-refractivity contribution in [3.63, 3.8) is 0 Å². The number of rotatable bonds is 3. The van der Waals surface area contributed by atoms with Gasteiger partial charge in [0.25, 0.3) is 0 Å². The molecule has 168 valence electrons. The summed E-state index contributed by atoms with van der Waals surface area (Å²) in [7, 11) is 0. The van der Waals surface area contributed by atoms with E-state index in [2.05, 4.69) is 10.3 Å². The first kappa shape index (κ1) is 21.1. The van der Waals surface area contributed by atoms with E-state index in [0.717, 1.165) is 35.7 Å². The molecular weight excluding hydrogens is 424 g/mol. The van der Waals surface area contributed by atoms with Crippen LogP contribution in [0, 0.1) is 25.5 Å². The van der Waals surface area contributed by atoms with Crippen molar-refractivity contribution in [2.75, 3.05) is 11.9 Å². The molecule has 1 N–H and O–H groups in total. The summed E-state index contributed by atoms with van der Waals surface area (Å²) < 4.78 is 33.5. The zero-order chi connectivity index (χ0) is 23.1. The minimum Gasteiger partial charge on any atom is -0.438 e. The third-order valence-corrected chi connectivity index (χ3v) is 6.16. The van der Waals surface area contributed by atoms with Gasteiger partial charge in [0.1, 0.15) is 23.2 Å². The molecule has 1 aliphatic heterocycles. The third-order valence-electron chi connectivity index (χ3n) is 6.16. The van der Waals surface area contributed by atoms with Gasteiger partial charge in [-0.1, -0.05) is 24.3 Å². The zero-order valence-corrected chi connectivity index (χ0v) is 18.4. The number of carbonyl (C=O) groups is 1. The highest BCUT2D eigenvalue weighted by atomic mass is 19.1. The molecule has 3 aromatic carbocycles. The lowest BCUT2D eigenvalue weighted by molar-refractivity contribution is 0.199. The Morgan fingerprint density at radius 3 is 2.64 bits per heavy atom. The molecule has 1 atom stereocenters. The van der Waals surface area contributed by atoms with Gasteiger partial charge in [-0.15, -0.1) is 0 Å². The maximum atomic E-state index is 14.2. The van der Waals surface area contributed by atoms with Crippen molar-refractivity contribution in [2.45, 2.75) is 32.7 Å². The molecule has 0 unspecified atom stereocenters. The molecule has 0 saturated carbocycles. The van der Waals surface area contributed by atoms with E-state index < -0.39 is 11.6 Å². The molecule has 5 nitrogen and oxygen atoms in total. The summed E-state index contributed by atoms with van der Waals surface area (Å²) in [6, 6.07) is 14.1. The molecule has 0 spiro atoms. The second-order valence-corrected chi connectivity index (χ2v) is 8.41. The quantitative estimate of drug-likeness (QED) is 0.378. The van der Waals surface area contributed by atoms with Gasteiger partial charge >= 0.3 is 6.03 Å². The van der Waals surface area contributed by atoms with Crippen molar-refractivity contribution in [1.29, 1.82) is 0 Å². The maximum Gasteiger partial charge on any atom is 0.322 e. The van der Waals surface area contributed by atoms with Gasteiger partial charge in [-0.25, -0.2) is 18.6 Å². The smallest absolute Gasteiger partial charge is 0.322 e. The van der Waals surface area contributed by atoms with Crippen LogP contribution in [0.15, 0.2) is 59.0 Å². The molecule has 4 aromatic rings. The van der Waals surface area contributed by atoms with Crippen LogP contribution < -0.4 is 5.32 Å². The molecule has 2 amide bonds. The monoisotopic (exact) mass is 447 g/mol. The first-order valence-electron chi connectivity index (χ1n) is 10.9. The second kappa shape index (κ2) is 8.31. The molecule has 0 radical (unpaired) electrons. The van der Waals surface area contributed by atoms with Crippen LogP contribution in [0.25, 0.3) is 22.2 Å². The predicted molar refractivity (Wildman–Crippen MR) is 123 cm³/mol. The number of likely N-dealkylation sites (tertiary alicyclic amines) is 1. The van der Waals surface area contributed by atoms with E-state index in [9.17, 15) is 13.6 Å². The van der Waals surface area contributed by atoms with Gasteiger partial charge in [-0.2, -0.15) is 0 Å². The summed E-state index contributed by atoms with van der Waals surface area (Å²) in [5, 5.41) is 3.04. The fourth-order valence-electron chi connectivity index (χ4n) is 4.44. The largest absolute Gasteiger partial charge is 0.438 e. The van der Waals surface area contributed by atoms with Gasteiger partial charge in [0.05, 0.1) is 0 Å². The van der Waals surface area contributed by atoms with Gasteiger partial charge in [-0.05, 0) is 67.6 Å². The minimum atomic E-state index is -0.636. The Morgan fingerprint density at radius 1 is 1.09 bits per heavy atom. The highest BCUT2D eigenvalue weighted by Gasteiger charge is 2.34. The van der Waals surface area contributed by atoms with Crippen molar-refractivity contribution < 1.29 is 18.0 Å². The number of fused-ring (bicyclic) bond motifs is 1. The van der Waals surface area contributed by atoms with Crippen LogP contribution in [0.5, 0.6) is 0 Å². The first-order valence-corrected chi connectivity index (χ1v) is 10.9. The Kier molecular flexibility index (Phi) is 5.32. The van der Waals surface area contributed by atoms with Gasteiger partial charge in [0.2, 0.25) is 5.89 Å². The van der Waals surface area contributed by atoms with Crippen molar-refractivity contribution >= 4 is 22.8 Å². The van der Waals surface area contributed by atoms with Gasteiger partial charge in [0, 0.05) is 23.9 Å². The Hall–Kier alpha value is -3.74. The summed E-state index contributed by atoms with van der Waals surface area (Å²) in [5.41, 5.74) is 4.81. The van der Waals surface area contributed by atoms with E-state index in [0.29, 0.717) is 34.7 Å². The molecule has 0 bridgehead atoms. The normalized spacial score (nSPS) is 15.9. The molecule has 7 heteroatoms. The Balaban J connectivity index is 1.42. The summed E-state index contributed by atoms with van der Waals surface area (Å²) in [6.45, 7) is 4.53. The Labute approximate surface area is 190 Å². The highest BCUT2D eigenvalue weighted by molar-refractivity contribution is 5.91. The molecule has 1 fully saturated rings. The van der Waals surface area contributed by atoms with E-state index in [1.54, 1.807) is 23.1 Å². The van der Waals surface area contributed by atoms with E-state index in [1.165, 1.54) is 12.1 Å². The molecule has 1 saturated heterocycles. The fourth-order valence-corrected chi connectivity index (χ4v) is 4.44. The number of aryl methyl sites for hydroxylation is 2. The Morgan fingerprint density at radius 2 is 1.88 bits per heavy atom.